The zero-order chi connectivity index (χ0) is 18.1. The van der Waals surface area contributed by atoms with E-state index in [1.807, 2.05) is 13.2 Å². The third-order valence-electron chi connectivity index (χ3n) is 5.30. The molecule has 1 aromatic carbocycles. The van der Waals surface area contributed by atoms with E-state index in [1.54, 1.807) is 10.9 Å². The largest absolute Gasteiger partial charge is 0.493 e. The molecular weight excluding hydrogens is 350 g/mol. The summed E-state index contributed by atoms with van der Waals surface area (Å²) in [5, 5.41) is 4.24. The molecule has 2 aliphatic heterocycles. The van der Waals surface area contributed by atoms with E-state index in [0.29, 0.717) is 6.42 Å². The van der Waals surface area contributed by atoms with Gasteiger partial charge in [-0.3, -0.25) is 9.58 Å². The van der Waals surface area contributed by atoms with Crippen molar-refractivity contribution in [2.75, 3.05) is 31.2 Å². The molecule has 0 aliphatic carbocycles. The molecule has 3 heterocycles. The van der Waals surface area contributed by atoms with E-state index in [-0.39, 0.29) is 17.5 Å². The number of aryl methyl sites for hydroxylation is 1. The van der Waals surface area contributed by atoms with Gasteiger partial charge in [0.15, 0.2) is 9.84 Å². The second-order valence-corrected chi connectivity index (χ2v) is 9.49. The topological polar surface area (TPSA) is 64.4 Å². The van der Waals surface area contributed by atoms with Gasteiger partial charge in [-0.2, -0.15) is 5.10 Å². The highest BCUT2D eigenvalue weighted by molar-refractivity contribution is 7.91. The van der Waals surface area contributed by atoms with Crippen LogP contribution < -0.4 is 4.74 Å². The second kappa shape index (κ2) is 7.04. The van der Waals surface area contributed by atoms with Crippen molar-refractivity contribution in [2.45, 2.75) is 25.3 Å². The standard InChI is InChI=1S/C19H25N3O3S/c1-21-13-17(12-20-21)18-14-26(23,24)10-2-7-22(18)8-5-15-3-4-19-16(11-15)6-9-25-19/h3-4,11-13,18H,2,5-10,14H2,1H3. The molecule has 4 rings (SSSR count). The van der Waals surface area contributed by atoms with Crippen LogP contribution in [0.25, 0.3) is 0 Å². The number of benzene rings is 1. The van der Waals surface area contributed by atoms with Crippen molar-refractivity contribution in [3.8, 4) is 5.75 Å². The summed E-state index contributed by atoms with van der Waals surface area (Å²) in [7, 11) is -1.16. The summed E-state index contributed by atoms with van der Waals surface area (Å²) in [6, 6.07) is 6.30. The lowest BCUT2D eigenvalue weighted by molar-refractivity contribution is 0.220. The Morgan fingerprint density at radius 2 is 2.23 bits per heavy atom. The zero-order valence-corrected chi connectivity index (χ0v) is 15.9. The predicted octanol–water partition coefficient (Wildman–Crippen LogP) is 1.76. The number of hydrogen-bond acceptors (Lipinski definition) is 5. The summed E-state index contributed by atoms with van der Waals surface area (Å²) in [4.78, 5) is 2.31. The van der Waals surface area contributed by atoms with Crippen molar-refractivity contribution in [1.82, 2.24) is 14.7 Å². The van der Waals surface area contributed by atoms with Crippen LogP contribution in [0.4, 0.5) is 0 Å². The van der Waals surface area contributed by atoms with Crippen LogP contribution in [-0.4, -0.2) is 54.3 Å². The van der Waals surface area contributed by atoms with E-state index in [9.17, 15) is 8.42 Å². The number of nitrogens with zero attached hydrogens (tertiary/aromatic N) is 3. The Balaban J connectivity index is 1.52. The molecule has 2 aromatic rings. The number of aromatic nitrogens is 2. The van der Waals surface area contributed by atoms with Crippen LogP contribution in [0, 0.1) is 0 Å². The Morgan fingerprint density at radius 1 is 1.35 bits per heavy atom. The Hall–Kier alpha value is -1.86. The fourth-order valence-corrected chi connectivity index (χ4v) is 5.55. The van der Waals surface area contributed by atoms with Crippen molar-refractivity contribution >= 4 is 9.84 Å². The Morgan fingerprint density at radius 3 is 3.04 bits per heavy atom. The number of rotatable bonds is 4. The smallest absolute Gasteiger partial charge is 0.152 e. The highest BCUT2D eigenvalue weighted by atomic mass is 32.2. The summed E-state index contributed by atoms with van der Waals surface area (Å²) < 4.78 is 32.0. The van der Waals surface area contributed by atoms with Gasteiger partial charge in [0.05, 0.1) is 30.4 Å². The van der Waals surface area contributed by atoms with E-state index in [2.05, 4.69) is 28.2 Å². The van der Waals surface area contributed by atoms with Gasteiger partial charge in [0.1, 0.15) is 5.75 Å². The van der Waals surface area contributed by atoms with Crippen molar-refractivity contribution < 1.29 is 13.2 Å². The lowest BCUT2D eigenvalue weighted by Gasteiger charge is -2.28. The van der Waals surface area contributed by atoms with E-state index in [0.717, 1.165) is 43.9 Å². The minimum absolute atomic E-state index is 0.117. The molecule has 2 aliphatic rings. The second-order valence-electron chi connectivity index (χ2n) is 7.26. The first-order valence-corrected chi connectivity index (χ1v) is 11.0. The first-order valence-electron chi connectivity index (χ1n) is 9.18. The Kier molecular flexibility index (Phi) is 4.75. The third kappa shape index (κ3) is 3.78. The molecular formula is C19H25N3O3S. The highest BCUT2D eigenvalue weighted by Crippen LogP contribution is 2.28. The van der Waals surface area contributed by atoms with Gasteiger partial charge in [-0.05, 0) is 36.6 Å². The molecule has 140 valence electrons. The summed E-state index contributed by atoms with van der Waals surface area (Å²) in [5.41, 5.74) is 3.55. The summed E-state index contributed by atoms with van der Waals surface area (Å²) in [5.74, 6) is 1.45. The molecule has 0 saturated carbocycles. The number of fused-ring (bicyclic) bond motifs is 1. The molecule has 1 saturated heterocycles. The summed E-state index contributed by atoms with van der Waals surface area (Å²) in [6.45, 7) is 2.41. The van der Waals surface area contributed by atoms with Crippen molar-refractivity contribution in [3.05, 3.63) is 47.3 Å². The molecule has 1 atom stereocenters. The Bertz CT molecular complexity index is 891. The van der Waals surface area contributed by atoms with Gasteiger partial charge in [0.25, 0.3) is 0 Å². The predicted molar refractivity (Wildman–Crippen MR) is 100 cm³/mol. The monoisotopic (exact) mass is 375 g/mol. The van der Waals surface area contributed by atoms with Gasteiger partial charge >= 0.3 is 0 Å². The van der Waals surface area contributed by atoms with Gasteiger partial charge in [-0.25, -0.2) is 8.42 Å². The SMILES string of the molecule is Cn1cc(C2CS(=O)(=O)CCCN2CCc2ccc3c(c2)CCO3)cn1. The molecule has 1 aromatic heterocycles. The van der Waals surface area contributed by atoms with E-state index >= 15 is 0 Å². The van der Waals surface area contributed by atoms with Gasteiger partial charge in [-0.1, -0.05) is 12.1 Å². The molecule has 1 fully saturated rings. The van der Waals surface area contributed by atoms with Crippen LogP contribution in [0.15, 0.2) is 30.6 Å². The third-order valence-corrected chi connectivity index (χ3v) is 7.04. The van der Waals surface area contributed by atoms with Crippen LogP contribution in [0.2, 0.25) is 0 Å². The van der Waals surface area contributed by atoms with E-state index < -0.39 is 9.84 Å². The fourth-order valence-electron chi connectivity index (χ4n) is 3.93. The maximum Gasteiger partial charge on any atom is 0.152 e. The van der Waals surface area contributed by atoms with Crippen molar-refractivity contribution in [1.29, 1.82) is 0 Å². The fraction of sp³-hybridized carbons (Fsp3) is 0.526. The van der Waals surface area contributed by atoms with E-state index in [4.69, 9.17) is 4.74 Å². The summed E-state index contributed by atoms with van der Waals surface area (Å²) in [6.07, 6.45) is 6.31. The average Bonchev–Trinajstić information content (AvgIpc) is 3.20. The maximum atomic E-state index is 12.3. The number of hydrogen-bond donors (Lipinski definition) is 0. The maximum absolute atomic E-state index is 12.3. The lowest BCUT2D eigenvalue weighted by Crippen LogP contribution is -2.33. The molecule has 26 heavy (non-hydrogen) atoms. The first-order chi connectivity index (χ1) is 12.5. The molecule has 0 amide bonds. The van der Waals surface area contributed by atoms with E-state index in [1.165, 1.54) is 11.1 Å². The molecule has 7 heteroatoms. The molecule has 6 nitrogen and oxygen atoms in total. The minimum atomic E-state index is -3.03. The van der Waals surface area contributed by atoms with Crippen LogP contribution in [0.5, 0.6) is 5.75 Å². The number of ether oxygens (including phenoxy) is 1. The van der Waals surface area contributed by atoms with Crippen LogP contribution >= 0.6 is 0 Å². The average molecular weight is 375 g/mol. The highest BCUT2D eigenvalue weighted by Gasteiger charge is 2.30. The molecule has 0 radical (unpaired) electrons. The minimum Gasteiger partial charge on any atom is -0.493 e. The first kappa shape index (κ1) is 17.5. The summed E-state index contributed by atoms with van der Waals surface area (Å²) >= 11 is 0. The van der Waals surface area contributed by atoms with Crippen molar-refractivity contribution in [3.63, 3.8) is 0 Å². The Labute approximate surface area is 154 Å². The molecule has 0 bridgehead atoms. The number of sulfone groups is 1. The lowest BCUT2D eigenvalue weighted by atomic mass is 10.0. The molecule has 1 unspecified atom stereocenters. The van der Waals surface area contributed by atoms with Gasteiger partial charge < -0.3 is 4.74 Å². The molecule has 0 spiro atoms. The van der Waals surface area contributed by atoms with Gasteiger partial charge in [0, 0.05) is 31.8 Å². The molecule has 0 N–H and O–H groups in total. The van der Waals surface area contributed by atoms with Crippen LogP contribution in [0.3, 0.4) is 0 Å². The van der Waals surface area contributed by atoms with Crippen LogP contribution in [0.1, 0.15) is 29.2 Å². The quantitative estimate of drug-likeness (QED) is 0.815. The van der Waals surface area contributed by atoms with Crippen LogP contribution in [-0.2, 0) is 29.7 Å². The van der Waals surface area contributed by atoms with Crippen molar-refractivity contribution in [2.24, 2.45) is 7.05 Å². The normalized spacial score (nSPS) is 22.6. The zero-order valence-electron chi connectivity index (χ0n) is 15.1. The van der Waals surface area contributed by atoms with Gasteiger partial charge in [-0.15, -0.1) is 0 Å². The van der Waals surface area contributed by atoms with Gasteiger partial charge in [0.2, 0.25) is 0 Å².